The van der Waals surface area contributed by atoms with Crippen LogP contribution in [-0.2, 0) is 4.74 Å². The maximum atomic E-state index is 12.1. The lowest BCUT2D eigenvalue weighted by atomic mass is 10.1. The Labute approximate surface area is 149 Å². The second kappa shape index (κ2) is 8.61. The van der Waals surface area contributed by atoms with Crippen molar-refractivity contribution in [2.75, 3.05) is 20.3 Å². The van der Waals surface area contributed by atoms with E-state index in [9.17, 15) is 19.7 Å². The largest absolute Gasteiger partial charge is 0.497 e. The van der Waals surface area contributed by atoms with Crippen LogP contribution in [0.1, 0.15) is 27.6 Å². The van der Waals surface area contributed by atoms with Gasteiger partial charge in [0, 0.05) is 11.6 Å². The van der Waals surface area contributed by atoms with Gasteiger partial charge in [-0.05, 0) is 43.3 Å². The molecule has 26 heavy (non-hydrogen) atoms. The minimum Gasteiger partial charge on any atom is -0.497 e. The number of ether oxygens (including phenoxy) is 3. The predicted molar refractivity (Wildman–Crippen MR) is 91.9 cm³/mol. The van der Waals surface area contributed by atoms with Crippen molar-refractivity contribution in [1.82, 2.24) is 0 Å². The number of carbonyl (C=O) groups excluding carboxylic acids is 2. The van der Waals surface area contributed by atoms with Crippen LogP contribution < -0.4 is 9.47 Å². The molecule has 0 aliphatic rings. The minimum atomic E-state index is -0.835. The first kappa shape index (κ1) is 18.9. The summed E-state index contributed by atoms with van der Waals surface area (Å²) >= 11 is 0. The number of nitro groups is 1. The number of carbonyl (C=O) groups is 2. The molecule has 0 spiro atoms. The van der Waals surface area contributed by atoms with Crippen LogP contribution in [0.15, 0.2) is 42.5 Å². The van der Waals surface area contributed by atoms with Crippen molar-refractivity contribution in [3.63, 3.8) is 0 Å². The Morgan fingerprint density at radius 1 is 1.08 bits per heavy atom. The number of nitrogens with zero attached hydrogens (tertiary/aromatic N) is 1. The molecule has 0 saturated carbocycles. The molecule has 0 aliphatic carbocycles. The van der Waals surface area contributed by atoms with E-state index in [1.165, 1.54) is 19.2 Å². The molecule has 0 N–H and O–H groups in total. The average Bonchev–Trinajstić information content (AvgIpc) is 2.66. The molecule has 0 heterocycles. The Morgan fingerprint density at radius 3 is 2.31 bits per heavy atom. The van der Waals surface area contributed by atoms with Gasteiger partial charge in [-0.15, -0.1) is 0 Å². The first-order valence-corrected chi connectivity index (χ1v) is 7.72. The monoisotopic (exact) mass is 359 g/mol. The fourth-order valence-electron chi connectivity index (χ4n) is 2.14. The Morgan fingerprint density at radius 2 is 1.73 bits per heavy atom. The van der Waals surface area contributed by atoms with Gasteiger partial charge in [-0.25, -0.2) is 4.79 Å². The number of ketones is 1. The van der Waals surface area contributed by atoms with Gasteiger partial charge in [-0.1, -0.05) is 0 Å². The lowest BCUT2D eigenvalue weighted by Gasteiger charge is -2.07. The molecule has 0 bridgehead atoms. The van der Waals surface area contributed by atoms with Crippen molar-refractivity contribution in [2.24, 2.45) is 0 Å². The topological polar surface area (TPSA) is 105 Å². The molecular weight excluding hydrogens is 342 g/mol. The summed E-state index contributed by atoms with van der Waals surface area (Å²) in [5.41, 5.74) is -0.0262. The van der Waals surface area contributed by atoms with Crippen LogP contribution in [0.2, 0.25) is 0 Å². The van der Waals surface area contributed by atoms with Crippen molar-refractivity contribution in [2.45, 2.75) is 6.92 Å². The van der Waals surface area contributed by atoms with E-state index in [4.69, 9.17) is 14.2 Å². The Hall–Kier alpha value is -3.42. The fourth-order valence-corrected chi connectivity index (χ4v) is 2.14. The normalized spacial score (nSPS) is 10.1. The van der Waals surface area contributed by atoms with Gasteiger partial charge in [0.2, 0.25) is 0 Å². The molecule has 8 nitrogen and oxygen atoms in total. The van der Waals surface area contributed by atoms with Gasteiger partial charge >= 0.3 is 11.7 Å². The van der Waals surface area contributed by atoms with E-state index in [2.05, 4.69) is 0 Å². The van der Waals surface area contributed by atoms with Crippen molar-refractivity contribution in [3.8, 4) is 11.5 Å². The summed E-state index contributed by atoms with van der Waals surface area (Å²) in [5.74, 6) is -0.581. The summed E-state index contributed by atoms with van der Waals surface area (Å²) in [6.45, 7) is 1.46. The first-order chi connectivity index (χ1) is 12.5. The molecule has 2 rings (SSSR count). The summed E-state index contributed by atoms with van der Waals surface area (Å²) in [4.78, 5) is 34.6. The number of nitro benzene ring substituents is 1. The third-order valence-electron chi connectivity index (χ3n) is 3.44. The highest BCUT2D eigenvalue weighted by molar-refractivity contribution is 5.99. The lowest BCUT2D eigenvalue weighted by Crippen LogP contribution is -2.14. The lowest BCUT2D eigenvalue weighted by molar-refractivity contribution is -0.385. The number of benzene rings is 2. The van der Waals surface area contributed by atoms with Gasteiger partial charge in [-0.3, -0.25) is 14.9 Å². The zero-order valence-electron chi connectivity index (χ0n) is 14.3. The molecule has 2 aromatic carbocycles. The number of rotatable bonds is 8. The van der Waals surface area contributed by atoms with Crippen LogP contribution in [0.3, 0.4) is 0 Å². The van der Waals surface area contributed by atoms with Crippen LogP contribution in [0.4, 0.5) is 5.69 Å². The first-order valence-electron chi connectivity index (χ1n) is 7.72. The molecule has 0 aromatic heterocycles. The molecule has 2 aromatic rings. The van der Waals surface area contributed by atoms with E-state index < -0.39 is 23.3 Å². The molecule has 0 saturated heterocycles. The predicted octanol–water partition coefficient (Wildman–Crippen LogP) is 3.04. The molecular formula is C18H17NO7. The number of hydrogen-bond acceptors (Lipinski definition) is 7. The van der Waals surface area contributed by atoms with Gasteiger partial charge in [0.15, 0.2) is 18.1 Å². The maximum Gasteiger partial charge on any atom is 0.338 e. The summed E-state index contributed by atoms with van der Waals surface area (Å²) < 4.78 is 15.1. The maximum absolute atomic E-state index is 12.1. The molecule has 0 amide bonds. The number of methoxy groups -OCH3 is 1. The zero-order valence-corrected chi connectivity index (χ0v) is 14.3. The molecule has 8 heteroatoms. The molecule has 136 valence electrons. The van der Waals surface area contributed by atoms with Crippen LogP contribution in [0.25, 0.3) is 0 Å². The highest BCUT2D eigenvalue weighted by Gasteiger charge is 2.20. The summed E-state index contributed by atoms with van der Waals surface area (Å²) in [6, 6.07) is 10.1. The molecule has 0 unspecified atom stereocenters. The Balaban J connectivity index is 2.05. The zero-order chi connectivity index (χ0) is 19.1. The fraction of sp³-hybridized carbons (Fsp3) is 0.222. The van der Waals surface area contributed by atoms with Gasteiger partial charge in [0.25, 0.3) is 0 Å². The van der Waals surface area contributed by atoms with Crippen LogP contribution in [0, 0.1) is 10.1 Å². The van der Waals surface area contributed by atoms with Gasteiger partial charge in [0.05, 0.1) is 24.2 Å². The Bertz CT molecular complexity index is 815. The minimum absolute atomic E-state index is 0.0392. The molecule has 0 aliphatic heterocycles. The molecule has 0 radical (unpaired) electrons. The van der Waals surface area contributed by atoms with E-state index in [0.29, 0.717) is 11.3 Å². The average molecular weight is 359 g/mol. The Kier molecular flexibility index (Phi) is 6.26. The van der Waals surface area contributed by atoms with Crippen LogP contribution in [-0.4, -0.2) is 37.0 Å². The van der Waals surface area contributed by atoms with Crippen molar-refractivity contribution >= 4 is 17.4 Å². The highest BCUT2D eigenvalue weighted by atomic mass is 16.6. The standard InChI is InChI=1S/C18H17NO7/c1-3-25-17-9-6-13(10-15(17)19(22)23)18(21)26-11-16(20)12-4-7-14(24-2)8-5-12/h4-10H,3,11H2,1-2H3. The van der Waals surface area contributed by atoms with E-state index in [1.807, 2.05) is 0 Å². The van der Waals surface area contributed by atoms with E-state index in [1.54, 1.807) is 31.2 Å². The van der Waals surface area contributed by atoms with Crippen LogP contribution >= 0.6 is 0 Å². The van der Waals surface area contributed by atoms with E-state index in [0.717, 1.165) is 6.07 Å². The second-order valence-electron chi connectivity index (χ2n) is 5.10. The SMILES string of the molecule is CCOc1ccc(C(=O)OCC(=O)c2ccc(OC)cc2)cc1[N+](=O)[O-]. The van der Waals surface area contributed by atoms with Gasteiger partial charge in [0.1, 0.15) is 5.75 Å². The molecule has 0 fully saturated rings. The third kappa shape index (κ3) is 4.56. The van der Waals surface area contributed by atoms with Crippen molar-refractivity contribution in [1.29, 1.82) is 0 Å². The summed E-state index contributed by atoms with van der Waals surface area (Å²) in [6.07, 6.45) is 0. The van der Waals surface area contributed by atoms with E-state index in [-0.39, 0.29) is 23.6 Å². The third-order valence-corrected chi connectivity index (χ3v) is 3.44. The van der Waals surface area contributed by atoms with Crippen molar-refractivity contribution < 1.29 is 28.7 Å². The number of hydrogen-bond donors (Lipinski definition) is 0. The molecule has 0 atom stereocenters. The van der Waals surface area contributed by atoms with Gasteiger partial charge < -0.3 is 14.2 Å². The van der Waals surface area contributed by atoms with Gasteiger partial charge in [-0.2, -0.15) is 0 Å². The smallest absolute Gasteiger partial charge is 0.338 e. The number of Topliss-reactive ketones (excluding diaryl/α,β-unsaturated/α-hetero) is 1. The van der Waals surface area contributed by atoms with Crippen LogP contribution in [0.5, 0.6) is 11.5 Å². The highest BCUT2D eigenvalue weighted by Crippen LogP contribution is 2.28. The second-order valence-corrected chi connectivity index (χ2v) is 5.10. The van der Waals surface area contributed by atoms with E-state index >= 15 is 0 Å². The number of esters is 1. The summed E-state index contributed by atoms with van der Waals surface area (Å²) in [5, 5.41) is 11.1. The quantitative estimate of drug-likeness (QED) is 0.309. The van der Waals surface area contributed by atoms with Crippen molar-refractivity contribution in [3.05, 3.63) is 63.7 Å². The summed E-state index contributed by atoms with van der Waals surface area (Å²) in [7, 11) is 1.51.